The van der Waals surface area contributed by atoms with Crippen LogP contribution in [0.5, 0.6) is 5.75 Å². The van der Waals surface area contributed by atoms with E-state index in [0.717, 1.165) is 12.0 Å². The first-order chi connectivity index (χ1) is 7.11. The zero-order chi connectivity index (χ0) is 11.1. The van der Waals surface area contributed by atoms with Gasteiger partial charge in [-0.05, 0) is 30.0 Å². The molecule has 1 fully saturated rings. The number of benzene rings is 1. The standard InChI is InChI=1S/C12H14O3/c1-8-7-12(8,11(13)14)9-4-3-5-10(6-9)15-2/h3-6,8H,7H2,1-2H3,(H,13,14). The van der Waals surface area contributed by atoms with Gasteiger partial charge in [0.25, 0.3) is 0 Å². The molecule has 1 aliphatic rings. The molecule has 0 saturated heterocycles. The molecule has 0 aliphatic heterocycles. The van der Waals surface area contributed by atoms with Crippen LogP contribution >= 0.6 is 0 Å². The van der Waals surface area contributed by atoms with Gasteiger partial charge < -0.3 is 9.84 Å². The highest BCUT2D eigenvalue weighted by atomic mass is 16.5. The lowest BCUT2D eigenvalue weighted by Gasteiger charge is -2.12. The first kappa shape index (κ1) is 10.0. The molecule has 0 heterocycles. The smallest absolute Gasteiger partial charge is 0.314 e. The van der Waals surface area contributed by atoms with Crippen molar-refractivity contribution < 1.29 is 14.6 Å². The highest BCUT2D eigenvalue weighted by molar-refractivity contribution is 5.85. The minimum Gasteiger partial charge on any atom is -0.497 e. The van der Waals surface area contributed by atoms with Gasteiger partial charge in [0.2, 0.25) is 0 Å². The molecule has 0 bridgehead atoms. The van der Waals surface area contributed by atoms with E-state index in [-0.39, 0.29) is 5.92 Å². The number of rotatable bonds is 3. The summed E-state index contributed by atoms with van der Waals surface area (Å²) in [6.07, 6.45) is 0.718. The molecule has 0 aromatic heterocycles. The van der Waals surface area contributed by atoms with Gasteiger partial charge in [0.15, 0.2) is 0 Å². The summed E-state index contributed by atoms with van der Waals surface area (Å²) in [5.74, 6) is 0.192. The van der Waals surface area contributed by atoms with E-state index >= 15 is 0 Å². The zero-order valence-corrected chi connectivity index (χ0v) is 8.86. The summed E-state index contributed by atoms with van der Waals surface area (Å²) in [7, 11) is 1.59. The van der Waals surface area contributed by atoms with E-state index in [2.05, 4.69) is 0 Å². The molecule has 3 heteroatoms. The Labute approximate surface area is 88.7 Å². The third-order valence-corrected chi connectivity index (χ3v) is 3.28. The van der Waals surface area contributed by atoms with Gasteiger partial charge in [-0.15, -0.1) is 0 Å². The molecule has 2 rings (SSSR count). The Balaban J connectivity index is 2.40. The molecule has 1 N–H and O–H groups in total. The fourth-order valence-corrected chi connectivity index (χ4v) is 2.15. The van der Waals surface area contributed by atoms with Crippen LogP contribution in [-0.2, 0) is 10.2 Å². The SMILES string of the molecule is COc1cccc(C2(C(=O)O)CC2C)c1. The van der Waals surface area contributed by atoms with Crippen molar-refractivity contribution in [2.75, 3.05) is 7.11 Å². The molecule has 3 nitrogen and oxygen atoms in total. The van der Waals surface area contributed by atoms with Crippen molar-refractivity contribution in [3.8, 4) is 5.75 Å². The number of carbonyl (C=O) groups is 1. The lowest BCUT2D eigenvalue weighted by atomic mass is 9.93. The van der Waals surface area contributed by atoms with Crippen molar-refractivity contribution in [3.63, 3.8) is 0 Å². The molecule has 2 unspecified atom stereocenters. The molecule has 0 spiro atoms. The number of hydrogen-bond acceptors (Lipinski definition) is 2. The second-order valence-electron chi connectivity index (χ2n) is 4.11. The quantitative estimate of drug-likeness (QED) is 0.823. The van der Waals surface area contributed by atoms with Gasteiger partial charge in [0, 0.05) is 0 Å². The van der Waals surface area contributed by atoms with Crippen LogP contribution in [0, 0.1) is 5.92 Å². The van der Waals surface area contributed by atoms with Crippen LogP contribution in [0.2, 0.25) is 0 Å². The average molecular weight is 206 g/mol. The van der Waals surface area contributed by atoms with Gasteiger partial charge in [-0.2, -0.15) is 0 Å². The predicted molar refractivity (Wildman–Crippen MR) is 56.1 cm³/mol. The number of ether oxygens (including phenoxy) is 1. The maximum atomic E-state index is 11.3. The number of aliphatic carboxylic acids is 1. The maximum Gasteiger partial charge on any atom is 0.314 e. The zero-order valence-electron chi connectivity index (χ0n) is 8.86. The topological polar surface area (TPSA) is 46.5 Å². The van der Waals surface area contributed by atoms with Crippen LogP contribution in [-0.4, -0.2) is 18.2 Å². The summed E-state index contributed by atoms with van der Waals surface area (Å²) in [6, 6.07) is 7.34. The summed E-state index contributed by atoms with van der Waals surface area (Å²) in [6.45, 7) is 1.97. The van der Waals surface area contributed by atoms with Crippen molar-refractivity contribution in [2.24, 2.45) is 5.92 Å². The monoisotopic (exact) mass is 206 g/mol. The van der Waals surface area contributed by atoms with E-state index in [1.54, 1.807) is 7.11 Å². The minimum atomic E-state index is -0.733. The van der Waals surface area contributed by atoms with Crippen molar-refractivity contribution in [2.45, 2.75) is 18.8 Å². The van der Waals surface area contributed by atoms with Gasteiger partial charge in [-0.3, -0.25) is 4.79 Å². The van der Waals surface area contributed by atoms with Crippen LogP contribution in [0.3, 0.4) is 0 Å². The summed E-state index contributed by atoms with van der Waals surface area (Å²) >= 11 is 0. The molecule has 1 aromatic carbocycles. The molecule has 0 radical (unpaired) electrons. The predicted octanol–water partition coefficient (Wildman–Crippen LogP) is 2.06. The molecule has 1 aliphatic carbocycles. The van der Waals surface area contributed by atoms with Crippen molar-refractivity contribution in [3.05, 3.63) is 29.8 Å². The van der Waals surface area contributed by atoms with Gasteiger partial charge in [-0.1, -0.05) is 19.1 Å². The highest BCUT2D eigenvalue weighted by Crippen LogP contribution is 2.54. The molecule has 1 saturated carbocycles. The van der Waals surface area contributed by atoms with Crippen molar-refractivity contribution in [1.82, 2.24) is 0 Å². The van der Waals surface area contributed by atoms with E-state index in [9.17, 15) is 9.90 Å². The third-order valence-electron chi connectivity index (χ3n) is 3.28. The molecule has 1 aromatic rings. The average Bonchev–Trinajstić information content (AvgIpc) is 2.92. The van der Waals surface area contributed by atoms with Crippen molar-refractivity contribution in [1.29, 1.82) is 0 Å². The Morgan fingerprint density at radius 1 is 1.60 bits per heavy atom. The van der Waals surface area contributed by atoms with Crippen LogP contribution in [0.1, 0.15) is 18.9 Å². The highest BCUT2D eigenvalue weighted by Gasteiger charge is 2.59. The first-order valence-corrected chi connectivity index (χ1v) is 4.99. The number of carboxylic acids is 1. The lowest BCUT2D eigenvalue weighted by molar-refractivity contribution is -0.140. The Hall–Kier alpha value is -1.51. The van der Waals surface area contributed by atoms with Gasteiger partial charge in [0.1, 0.15) is 5.75 Å². The molecule has 80 valence electrons. The first-order valence-electron chi connectivity index (χ1n) is 4.99. The fraction of sp³-hybridized carbons (Fsp3) is 0.417. The minimum absolute atomic E-state index is 0.210. The summed E-state index contributed by atoms with van der Waals surface area (Å²) in [4.78, 5) is 11.3. The lowest BCUT2D eigenvalue weighted by Crippen LogP contribution is -2.21. The van der Waals surface area contributed by atoms with E-state index in [4.69, 9.17) is 4.74 Å². The number of hydrogen-bond donors (Lipinski definition) is 1. The summed E-state index contributed by atoms with van der Waals surface area (Å²) in [5.41, 5.74) is 0.177. The summed E-state index contributed by atoms with van der Waals surface area (Å²) < 4.78 is 5.10. The summed E-state index contributed by atoms with van der Waals surface area (Å²) in [5, 5.41) is 9.25. The maximum absolute atomic E-state index is 11.3. The number of methoxy groups -OCH3 is 1. The van der Waals surface area contributed by atoms with Crippen LogP contribution in [0.4, 0.5) is 0 Å². The molecule has 15 heavy (non-hydrogen) atoms. The van der Waals surface area contributed by atoms with Gasteiger partial charge >= 0.3 is 5.97 Å². The van der Waals surface area contributed by atoms with Crippen molar-refractivity contribution >= 4 is 5.97 Å². The molecule has 0 amide bonds. The van der Waals surface area contributed by atoms with Crippen LogP contribution < -0.4 is 4.74 Å². The Morgan fingerprint density at radius 2 is 2.27 bits per heavy atom. The molecule has 2 atom stereocenters. The Morgan fingerprint density at radius 3 is 2.73 bits per heavy atom. The third kappa shape index (κ3) is 1.39. The fourth-order valence-electron chi connectivity index (χ4n) is 2.15. The Bertz CT molecular complexity index is 400. The van der Waals surface area contributed by atoms with E-state index in [1.165, 1.54) is 0 Å². The largest absolute Gasteiger partial charge is 0.497 e. The van der Waals surface area contributed by atoms with Crippen LogP contribution in [0.15, 0.2) is 24.3 Å². The molecular weight excluding hydrogens is 192 g/mol. The second-order valence-corrected chi connectivity index (χ2v) is 4.11. The van der Waals surface area contributed by atoms with E-state index in [1.807, 2.05) is 31.2 Å². The normalized spacial score (nSPS) is 28.5. The number of carboxylic acid groups (broad SMARTS) is 1. The van der Waals surface area contributed by atoms with Gasteiger partial charge in [0.05, 0.1) is 12.5 Å². The van der Waals surface area contributed by atoms with Gasteiger partial charge in [-0.25, -0.2) is 0 Å². The van der Waals surface area contributed by atoms with Crippen LogP contribution in [0.25, 0.3) is 0 Å². The second kappa shape index (κ2) is 3.26. The molecular formula is C12H14O3. The van der Waals surface area contributed by atoms with E-state index < -0.39 is 11.4 Å². The Kier molecular flexibility index (Phi) is 2.18. The van der Waals surface area contributed by atoms with E-state index in [0.29, 0.717) is 5.75 Å².